The number of hydrogen-bond donors (Lipinski definition) is 2. The molecule has 0 saturated carbocycles. The Morgan fingerprint density at radius 2 is 1.89 bits per heavy atom. The highest BCUT2D eigenvalue weighted by Gasteiger charge is 2.04. The van der Waals surface area contributed by atoms with Crippen molar-refractivity contribution in [2.45, 2.75) is 13.0 Å². The molecule has 0 aliphatic rings. The minimum atomic E-state index is -0.451. The fourth-order valence-electron chi connectivity index (χ4n) is 1.62. The predicted octanol–water partition coefficient (Wildman–Crippen LogP) is 1.71. The number of nitrogens with two attached hydrogens (primary N) is 1. The fraction of sp³-hybridized carbons (Fsp3) is 0.143. The van der Waals surface area contributed by atoms with E-state index >= 15 is 0 Å². The highest BCUT2D eigenvalue weighted by atomic mass is 32.1. The molecule has 2 aromatic rings. The monoisotopic (exact) mass is 274 g/mol. The number of carbonyl (C=O) groups excluding carboxylic acids is 2. The number of carbonyl (C=O) groups is 2. The molecular weight excluding hydrogens is 260 g/mol. The molecule has 2 amide bonds. The second-order valence-electron chi connectivity index (χ2n) is 4.09. The number of nitrogens with one attached hydrogen (secondary N) is 1. The average molecular weight is 274 g/mol. The first-order valence-electron chi connectivity index (χ1n) is 5.83. The summed E-state index contributed by atoms with van der Waals surface area (Å²) in [7, 11) is 0. The van der Waals surface area contributed by atoms with Gasteiger partial charge in [-0.1, -0.05) is 18.2 Å². The third kappa shape index (κ3) is 3.93. The summed E-state index contributed by atoms with van der Waals surface area (Å²) in [5, 5.41) is 4.79. The molecule has 3 N–H and O–H groups in total. The van der Waals surface area contributed by atoms with E-state index in [9.17, 15) is 9.59 Å². The molecule has 0 bridgehead atoms. The Kier molecular flexibility index (Phi) is 4.30. The molecule has 0 saturated heterocycles. The molecule has 0 aliphatic heterocycles. The zero-order chi connectivity index (χ0) is 13.7. The smallest absolute Gasteiger partial charge is 0.248 e. The van der Waals surface area contributed by atoms with E-state index in [1.165, 1.54) is 0 Å². The van der Waals surface area contributed by atoms with Gasteiger partial charge >= 0.3 is 0 Å². The molecular formula is C14H14N2O2S. The predicted molar refractivity (Wildman–Crippen MR) is 74.8 cm³/mol. The topological polar surface area (TPSA) is 72.2 Å². The Morgan fingerprint density at radius 3 is 2.47 bits per heavy atom. The molecule has 98 valence electrons. The van der Waals surface area contributed by atoms with Crippen LogP contribution in [0.3, 0.4) is 0 Å². The van der Waals surface area contributed by atoms with Gasteiger partial charge in [0, 0.05) is 17.0 Å². The van der Waals surface area contributed by atoms with Gasteiger partial charge in [-0.15, -0.1) is 11.3 Å². The number of benzene rings is 1. The molecule has 19 heavy (non-hydrogen) atoms. The average Bonchev–Trinajstić information content (AvgIpc) is 2.89. The van der Waals surface area contributed by atoms with Crippen molar-refractivity contribution in [2.75, 3.05) is 0 Å². The van der Waals surface area contributed by atoms with Gasteiger partial charge in [0.1, 0.15) is 0 Å². The van der Waals surface area contributed by atoms with Gasteiger partial charge in [-0.3, -0.25) is 9.59 Å². The first-order valence-corrected chi connectivity index (χ1v) is 6.71. The van der Waals surface area contributed by atoms with E-state index in [-0.39, 0.29) is 5.91 Å². The Bertz CT molecular complexity index is 562. The summed E-state index contributed by atoms with van der Waals surface area (Å²) in [5.74, 6) is -0.463. The first-order chi connectivity index (χ1) is 9.15. The van der Waals surface area contributed by atoms with E-state index in [4.69, 9.17) is 5.73 Å². The molecule has 4 nitrogen and oxygen atoms in total. The first kappa shape index (κ1) is 13.3. The van der Waals surface area contributed by atoms with E-state index in [1.54, 1.807) is 35.6 Å². The number of hydrogen-bond acceptors (Lipinski definition) is 3. The number of thiophene rings is 1. The quantitative estimate of drug-likeness (QED) is 0.871. The Balaban J connectivity index is 1.84. The molecule has 1 aromatic carbocycles. The van der Waals surface area contributed by atoms with Gasteiger partial charge in [0.15, 0.2) is 0 Å². The van der Waals surface area contributed by atoms with Crippen LogP contribution in [0, 0.1) is 0 Å². The van der Waals surface area contributed by atoms with E-state index < -0.39 is 5.91 Å². The molecule has 5 heteroatoms. The van der Waals surface area contributed by atoms with Gasteiger partial charge in [0.25, 0.3) is 0 Å². The van der Waals surface area contributed by atoms with Crippen LogP contribution < -0.4 is 11.1 Å². The highest BCUT2D eigenvalue weighted by Crippen LogP contribution is 2.09. The van der Waals surface area contributed by atoms with Crippen LogP contribution >= 0.6 is 11.3 Å². The summed E-state index contributed by atoms with van der Waals surface area (Å²) < 4.78 is 0. The third-order valence-electron chi connectivity index (χ3n) is 2.64. The Hall–Kier alpha value is -2.14. The SMILES string of the molecule is NC(=O)c1ccc(CNC(=O)Cc2cccs2)cc1. The Morgan fingerprint density at radius 1 is 1.16 bits per heavy atom. The third-order valence-corrected chi connectivity index (χ3v) is 3.52. The van der Waals surface area contributed by atoms with Gasteiger partial charge < -0.3 is 11.1 Å². The van der Waals surface area contributed by atoms with Crippen molar-refractivity contribution in [3.05, 3.63) is 57.8 Å². The second-order valence-corrected chi connectivity index (χ2v) is 5.13. The van der Waals surface area contributed by atoms with Crippen LogP contribution in [0.25, 0.3) is 0 Å². The van der Waals surface area contributed by atoms with Crippen LogP contribution in [0.1, 0.15) is 20.8 Å². The van der Waals surface area contributed by atoms with Crippen molar-refractivity contribution >= 4 is 23.2 Å². The van der Waals surface area contributed by atoms with Gasteiger partial charge in [-0.05, 0) is 29.1 Å². The lowest BCUT2D eigenvalue weighted by atomic mass is 10.1. The van der Waals surface area contributed by atoms with Crippen LogP contribution in [0.5, 0.6) is 0 Å². The lowest BCUT2D eigenvalue weighted by molar-refractivity contribution is -0.120. The van der Waals surface area contributed by atoms with E-state index in [2.05, 4.69) is 5.32 Å². The maximum atomic E-state index is 11.7. The summed E-state index contributed by atoms with van der Waals surface area (Å²) in [4.78, 5) is 23.6. The van der Waals surface area contributed by atoms with Gasteiger partial charge in [0.2, 0.25) is 11.8 Å². The molecule has 0 fully saturated rings. The Labute approximate surface area is 115 Å². The molecule has 0 atom stereocenters. The fourth-order valence-corrected chi connectivity index (χ4v) is 2.32. The molecule has 0 radical (unpaired) electrons. The summed E-state index contributed by atoms with van der Waals surface area (Å²) in [6, 6.07) is 10.7. The summed E-state index contributed by atoms with van der Waals surface area (Å²) in [5.41, 5.74) is 6.56. The minimum absolute atomic E-state index is 0.0126. The summed E-state index contributed by atoms with van der Waals surface area (Å²) in [6.45, 7) is 0.448. The number of rotatable bonds is 5. The van der Waals surface area contributed by atoms with Crippen molar-refractivity contribution in [3.8, 4) is 0 Å². The molecule has 0 aliphatic carbocycles. The zero-order valence-corrected chi connectivity index (χ0v) is 11.1. The van der Waals surface area contributed by atoms with E-state index in [0.717, 1.165) is 10.4 Å². The van der Waals surface area contributed by atoms with E-state index in [1.807, 2.05) is 17.5 Å². The van der Waals surface area contributed by atoms with Crippen LogP contribution in [-0.2, 0) is 17.8 Å². The second kappa shape index (κ2) is 6.15. The molecule has 1 aromatic heterocycles. The molecule has 0 unspecified atom stereocenters. The lowest BCUT2D eigenvalue weighted by Gasteiger charge is -2.05. The normalized spacial score (nSPS) is 10.1. The molecule has 0 spiro atoms. The van der Waals surface area contributed by atoms with Crippen LogP contribution in [-0.4, -0.2) is 11.8 Å². The standard InChI is InChI=1S/C14H14N2O2S/c15-14(18)11-5-3-10(4-6-11)9-16-13(17)8-12-2-1-7-19-12/h1-7H,8-9H2,(H2,15,18)(H,16,17). The summed E-state index contributed by atoms with van der Waals surface area (Å²) >= 11 is 1.57. The minimum Gasteiger partial charge on any atom is -0.366 e. The largest absolute Gasteiger partial charge is 0.366 e. The number of primary amides is 1. The van der Waals surface area contributed by atoms with Crippen molar-refractivity contribution in [1.29, 1.82) is 0 Å². The highest BCUT2D eigenvalue weighted by molar-refractivity contribution is 7.10. The van der Waals surface area contributed by atoms with Crippen molar-refractivity contribution in [1.82, 2.24) is 5.32 Å². The maximum Gasteiger partial charge on any atom is 0.248 e. The summed E-state index contributed by atoms with van der Waals surface area (Å²) in [6.07, 6.45) is 0.400. The van der Waals surface area contributed by atoms with Gasteiger partial charge in [-0.25, -0.2) is 0 Å². The van der Waals surface area contributed by atoms with Crippen molar-refractivity contribution in [2.24, 2.45) is 5.73 Å². The maximum absolute atomic E-state index is 11.7. The van der Waals surface area contributed by atoms with Gasteiger partial charge in [0.05, 0.1) is 6.42 Å². The molecule has 2 rings (SSSR count). The number of amides is 2. The van der Waals surface area contributed by atoms with Crippen molar-refractivity contribution in [3.63, 3.8) is 0 Å². The zero-order valence-electron chi connectivity index (χ0n) is 10.3. The van der Waals surface area contributed by atoms with Gasteiger partial charge in [-0.2, -0.15) is 0 Å². The van der Waals surface area contributed by atoms with E-state index in [0.29, 0.717) is 18.5 Å². The van der Waals surface area contributed by atoms with Crippen LogP contribution in [0.4, 0.5) is 0 Å². The van der Waals surface area contributed by atoms with Crippen molar-refractivity contribution < 1.29 is 9.59 Å². The van der Waals surface area contributed by atoms with Crippen LogP contribution in [0.2, 0.25) is 0 Å². The van der Waals surface area contributed by atoms with Crippen LogP contribution in [0.15, 0.2) is 41.8 Å². The lowest BCUT2D eigenvalue weighted by Crippen LogP contribution is -2.24. The molecule has 1 heterocycles.